The van der Waals surface area contributed by atoms with Crippen LogP contribution in [-0.4, -0.2) is 17.8 Å². The maximum Gasteiger partial charge on any atom is 0.418 e. The largest absolute Gasteiger partial charge is 0.418 e. The van der Waals surface area contributed by atoms with E-state index in [9.17, 15) is 18.3 Å². The van der Waals surface area contributed by atoms with Gasteiger partial charge < -0.3 is 10.4 Å². The number of benzene rings is 1. The lowest BCUT2D eigenvalue weighted by atomic mass is 10.1. The molecule has 0 radical (unpaired) electrons. The first kappa shape index (κ1) is 15.3. The zero-order valence-corrected chi connectivity index (χ0v) is 11.5. The Bertz CT molecular complexity index is 395. The summed E-state index contributed by atoms with van der Waals surface area (Å²) in [5.74, 6) is 0. The average Bonchev–Trinajstić information content (AvgIpc) is 2.27. The summed E-state index contributed by atoms with van der Waals surface area (Å²) in [7, 11) is 0. The van der Waals surface area contributed by atoms with Gasteiger partial charge in [0.05, 0.1) is 11.7 Å². The molecule has 0 heterocycles. The molecule has 0 aromatic heterocycles. The molecule has 0 bridgehead atoms. The lowest BCUT2D eigenvalue weighted by Crippen LogP contribution is -2.15. The quantitative estimate of drug-likeness (QED) is 0.856. The van der Waals surface area contributed by atoms with Gasteiger partial charge in [0.25, 0.3) is 0 Å². The predicted molar refractivity (Wildman–Crippen MR) is 68.5 cm³/mol. The molecule has 1 atom stereocenters. The van der Waals surface area contributed by atoms with E-state index in [0.29, 0.717) is 23.9 Å². The molecular weight excluding hydrogens is 311 g/mol. The molecular formula is C12H15BrF3NO. The molecule has 102 valence electrons. The van der Waals surface area contributed by atoms with E-state index in [1.807, 2.05) is 6.92 Å². The molecule has 0 aliphatic heterocycles. The van der Waals surface area contributed by atoms with Crippen molar-refractivity contribution >= 4 is 21.6 Å². The molecule has 1 rings (SSSR count). The molecule has 2 nitrogen and oxygen atoms in total. The molecule has 18 heavy (non-hydrogen) atoms. The van der Waals surface area contributed by atoms with Crippen LogP contribution in [0, 0.1) is 0 Å². The van der Waals surface area contributed by atoms with Crippen LogP contribution in [0.4, 0.5) is 18.9 Å². The predicted octanol–water partition coefficient (Wildman–Crippen LogP) is 4.04. The molecule has 0 spiro atoms. The first-order valence-corrected chi connectivity index (χ1v) is 6.42. The molecule has 0 amide bonds. The molecule has 0 saturated carbocycles. The molecule has 6 heteroatoms. The highest BCUT2D eigenvalue weighted by Gasteiger charge is 2.33. The number of anilines is 1. The van der Waals surface area contributed by atoms with Gasteiger partial charge in [0.15, 0.2) is 0 Å². The minimum Gasteiger partial charge on any atom is -0.393 e. The van der Waals surface area contributed by atoms with Crippen LogP contribution in [-0.2, 0) is 6.18 Å². The van der Waals surface area contributed by atoms with E-state index in [-0.39, 0.29) is 5.69 Å². The van der Waals surface area contributed by atoms with E-state index in [4.69, 9.17) is 0 Å². The number of aliphatic hydroxyl groups excluding tert-OH is 1. The Morgan fingerprint density at radius 1 is 1.39 bits per heavy atom. The third-order valence-electron chi connectivity index (χ3n) is 2.55. The molecule has 0 aliphatic rings. The molecule has 1 unspecified atom stereocenters. The summed E-state index contributed by atoms with van der Waals surface area (Å²) in [5, 5.41) is 12.1. The number of hydrogen-bond donors (Lipinski definition) is 2. The lowest BCUT2D eigenvalue weighted by Gasteiger charge is -2.16. The first-order valence-electron chi connectivity index (χ1n) is 5.63. The Hall–Kier alpha value is -0.750. The smallest absolute Gasteiger partial charge is 0.393 e. The Balaban J connectivity index is 2.77. The summed E-state index contributed by atoms with van der Waals surface area (Å²) >= 11 is 3.14. The fourth-order valence-corrected chi connectivity index (χ4v) is 1.85. The second-order valence-corrected chi connectivity index (χ2v) is 4.88. The van der Waals surface area contributed by atoms with Crippen molar-refractivity contribution in [2.75, 3.05) is 11.9 Å². The van der Waals surface area contributed by atoms with E-state index in [0.717, 1.165) is 6.07 Å². The first-order chi connectivity index (χ1) is 8.34. The number of halogens is 4. The van der Waals surface area contributed by atoms with E-state index in [1.165, 1.54) is 12.1 Å². The number of rotatable bonds is 5. The van der Waals surface area contributed by atoms with E-state index in [1.54, 1.807) is 0 Å². The number of hydrogen-bond acceptors (Lipinski definition) is 2. The Labute approximate surface area is 112 Å². The van der Waals surface area contributed by atoms with Gasteiger partial charge >= 0.3 is 6.18 Å². The molecule has 0 fully saturated rings. The van der Waals surface area contributed by atoms with Crippen molar-refractivity contribution in [3.63, 3.8) is 0 Å². The highest BCUT2D eigenvalue weighted by molar-refractivity contribution is 9.10. The van der Waals surface area contributed by atoms with Crippen molar-refractivity contribution in [2.24, 2.45) is 0 Å². The highest BCUT2D eigenvalue weighted by Crippen LogP contribution is 2.36. The van der Waals surface area contributed by atoms with Crippen LogP contribution in [0.3, 0.4) is 0 Å². The van der Waals surface area contributed by atoms with Crippen LogP contribution < -0.4 is 5.32 Å². The average molecular weight is 326 g/mol. The van der Waals surface area contributed by atoms with E-state index >= 15 is 0 Å². The standard InChI is InChI=1S/C12H15BrF3NO/c1-2-9(18)5-6-17-11-7-8(13)3-4-10(11)12(14,15)16/h3-4,7,9,17-18H,2,5-6H2,1H3. The van der Waals surface area contributed by atoms with Crippen LogP contribution in [0.2, 0.25) is 0 Å². The van der Waals surface area contributed by atoms with Gasteiger partial charge in [0.2, 0.25) is 0 Å². The van der Waals surface area contributed by atoms with E-state index in [2.05, 4.69) is 21.2 Å². The summed E-state index contributed by atoms with van der Waals surface area (Å²) in [6, 6.07) is 3.78. The van der Waals surface area contributed by atoms with Crippen molar-refractivity contribution in [3.05, 3.63) is 28.2 Å². The van der Waals surface area contributed by atoms with Crippen LogP contribution >= 0.6 is 15.9 Å². The van der Waals surface area contributed by atoms with Gasteiger partial charge in [-0.15, -0.1) is 0 Å². The summed E-state index contributed by atoms with van der Waals surface area (Å²) in [5.41, 5.74) is -0.670. The Kier molecular flexibility index (Phi) is 5.47. The number of aliphatic hydroxyl groups is 1. The molecule has 0 aliphatic carbocycles. The molecule has 2 N–H and O–H groups in total. The second-order valence-electron chi connectivity index (χ2n) is 3.97. The van der Waals surface area contributed by atoms with Gasteiger partial charge in [-0.2, -0.15) is 13.2 Å². The summed E-state index contributed by atoms with van der Waals surface area (Å²) in [6.45, 7) is 2.12. The minimum atomic E-state index is -4.38. The number of alkyl halides is 3. The van der Waals surface area contributed by atoms with Gasteiger partial charge in [-0.1, -0.05) is 22.9 Å². The second kappa shape index (κ2) is 6.43. The van der Waals surface area contributed by atoms with Crippen molar-refractivity contribution in [2.45, 2.75) is 32.0 Å². The SMILES string of the molecule is CCC(O)CCNc1cc(Br)ccc1C(F)(F)F. The van der Waals surface area contributed by atoms with Crippen LogP contribution in [0.15, 0.2) is 22.7 Å². The van der Waals surface area contributed by atoms with Crippen LogP contribution in [0.1, 0.15) is 25.3 Å². The third kappa shape index (κ3) is 4.49. The van der Waals surface area contributed by atoms with E-state index < -0.39 is 17.8 Å². The van der Waals surface area contributed by atoms with Crippen molar-refractivity contribution in [3.8, 4) is 0 Å². The van der Waals surface area contributed by atoms with Gasteiger partial charge in [0, 0.05) is 16.7 Å². The molecule has 1 aromatic carbocycles. The van der Waals surface area contributed by atoms with Crippen molar-refractivity contribution in [1.29, 1.82) is 0 Å². The Morgan fingerprint density at radius 2 is 2.06 bits per heavy atom. The molecule has 1 aromatic rings. The van der Waals surface area contributed by atoms with Gasteiger partial charge in [-0.25, -0.2) is 0 Å². The monoisotopic (exact) mass is 325 g/mol. The fraction of sp³-hybridized carbons (Fsp3) is 0.500. The zero-order chi connectivity index (χ0) is 13.8. The summed E-state index contributed by atoms with van der Waals surface area (Å²) in [4.78, 5) is 0. The molecule has 0 saturated heterocycles. The minimum absolute atomic E-state index is 0.0279. The maximum absolute atomic E-state index is 12.7. The normalized spacial score (nSPS) is 13.4. The summed E-state index contributed by atoms with van der Waals surface area (Å²) < 4.78 is 38.8. The lowest BCUT2D eigenvalue weighted by molar-refractivity contribution is -0.136. The van der Waals surface area contributed by atoms with Crippen LogP contribution in [0.25, 0.3) is 0 Å². The van der Waals surface area contributed by atoms with Gasteiger partial charge in [-0.3, -0.25) is 0 Å². The zero-order valence-electron chi connectivity index (χ0n) is 9.89. The van der Waals surface area contributed by atoms with Crippen LogP contribution in [0.5, 0.6) is 0 Å². The summed E-state index contributed by atoms with van der Waals surface area (Å²) in [6.07, 6.45) is -3.86. The van der Waals surface area contributed by atoms with Crippen molar-refractivity contribution in [1.82, 2.24) is 0 Å². The maximum atomic E-state index is 12.7. The van der Waals surface area contributed by atoms with Crippen molar-refractivity contribution < 1.29 is 18.3 Å². The Morgan fingerprint density at radius 3 is 2.61 bits per heavy atom. The highest BCUT2D eigenvalue weighted by atomic mass is 79.9. The van der Waals surface area contributed by atoms with Gasteiger partial charge in [-0.05, 0) is 31.0 Å². The fourth-order valence-electron chi connectivity index (χ4n) is 1.49. The topological polar surface area (TPSA) is 32.3 Å². The van der Waals surface area contributed by atoms with Gasteiger partial charge in [0.1, 0.15) is 0 Å². The number of nitrogens with one attached hydrogen (secondary N) is 1. The third-order valence-corrected chi connectivity index (χ3v) is 3.04.